The number of pyridine rings is 1. The fraction of sp³-hybridized carbons (Fsp3) is 0.353. The molecule has 1 saturated heterocycles. The first kappa shape index (κ1) is 14.0. The minimum Gasteiger partial charge on any atom is -0.371 e. The minimum atomic E-state index is 0.286. The molecule has 118 valence electrons. The van der Waals surface area contributed by atoms with Gasteiger partial charge in [0, 0.05) is 42.9 Å². The van der Waals surface area contributed by atoms with Gasteiger partial charge in [-0.2, -0.15) is 0 Å². The lowest BCUT2D eigenvalue weighted by molar-refractivity contribution is 0.439. The molecule has 0 atom stereocenters. The lowest BCUT2D eigenvalue weighted by atomic mass is 9.98. The standard InChI is InChI=1S/C17H20N6/c1-11-4-8-23(9-5-11)14-3-7-19-16-15(14)12(10-21-16)13-2-6-20-17(18)22-13/h2-3,6-7,10-11H,4-5,8-9H2,1H3,(H,19,21)(H2,18,20,22). The third kappa shape index (κ3) is 2.50. The van der Waals surface area contributed by atoms with E-state index in [4.69, 9.17) is 5.73 Å². The summed E-state index contributed by atoms with van der Waals surface area (Å²) in [6, 6.07) is 3.98. The Balaban J connectivity index is 1.84. The Bertz CT molecular complexity index is 832. The van der Waals surface area contributed by atoms with E-state index in [0.29, 0.717) is 0 Å². The minimum absolute atomic E-state index is 0.286. The predicted octanol–water partition coefficient (Wildman–Crippen LogP) is 2.84. The van der Waals surface area contributed by atoms with Gasteiger partial charge in [0.2, 0.25) is 5.95 Å². The summed E-state index contributed by atoms with van der Waals surface area (Å²) in [5.41, 5.74) is 9.69. The maximum absolute atomic E-state index is 5.75. The lowest BCUT2D eigenvalue weighted by Crippen LogP contribution is -2.32. The number of H-pyrrole nitrogens is 1. The van der Waals surface area contributed by atoms with E-state index < -0.39 is 0 Å². The second kappa shape index (κ2) is 5.53. The van der Waals surface area contributed by atoms with E-state index in [1.54, 1.807) is 6.20 Å². The summed E-state index contributed by atoms with van der Waals surface area (Å²) in [7, 11) is 0. The molecule has 0 amide bonds. The van der Waals surface area contributed by atoms with Gasteiger partial charge < -0.3 is 15.6 Å². The first-order chi connectivity index (χ1) is 11.2. The average Bonchev–Trinajstić information content (AvgIpc) is 3.00. The van der Waals surface area contributed by atoms with Crippen LogP contribution in [0.3, 0.4) is 0 Å². The van der Waals surface area contributed by atoms with Gasteiger partial charge in [0.25, 0.3) is 0 Å². The highest BCUT2D eigenvalue weighted by atomic mass is 15.1. The van der Waals surface area contributed by atoms with Crippen molar-refractivity contribution in [1.29, 1.82) is 0 Å². The summed E-state index contributed by atoms with van der Waals surface area (Å²) in [6.07, 6.45) is 7.96. The van der Waals surface area contributed by atoms with E-state index >= 15 is 0 Å². The molecule has 3 aromatic rings. The number of fused-ring (bicyclic) bond motifs is 1. The van der Waals surface area contributed by atoms with Crippen molar-refractivity contribution in [2.24, 2.45) is 5.92 Å². The van der Waals surface area contributed by atoms with Crippen molar-refractivity contribution in [3.63, 3.8) is 0 Å². The first-order valence-electron chi connectivity index (χ1n) is 8.02. The molecular formula is C17H20N6. The van der Waals surface area contributed by atoms with Gasteiger partial charge in [0.1, 0.15) is 5.65 Å². The number of nitrogen functional groups attached to an aromatic ring is 1. The molecule has 0 radical (unpaired) electrons. The van der Waals surface area contributed by atoms with Crippen LogP contribution in [0.1, 0.15) is 19.8 Å². The summed E-state index contributed by atoms with van der Waals surface area (Å²) in [6.45, 7) is 4.48. The molecule has 0 aromatic carbocycles. The van der Waals surface area contributed by atoms with Crippen LogP contribution >= 0.6 is 0 Å². The molecule has 1 aliphatic rings. The van der Waals surface area contributed by atoms with E-state index in [1.807, 2.05) is 18.5 Å². The Hall–Kier alpha value is -2.63. The van der Waals surface area contributed by atoms with Gasteiger partial charge in [-0.25, -0.2) is 15.0 Å². The summed E-state index contributed by atoms with van der Waals surface area (Å²) in [5, 5.41) is 1.11. The topological polar surface area (TPSA) is 83.7 Å². The predicted molar refractivity (Wildman–Crippen MR) is 92.1 cm³/mol. The summed E-state index contributed by atoms with van der Waals surface area (Å²) >= 11 is 0. The highest BCUT2D eigenvalue weighted by Gasteiger charge is 2.20. The van der Waals surface area contributed by atoms with E-state index in [9.17, 15) is 0 Å². The Morgan fingerprint density at radius 3 is 2.74 bits per heavy atom. The number of hydrogen-bond donors (Lipinski definition) is 2. The van der Waals surface area contributed by atoms with Crippen LogP contribution in [0, 0.1) is 5.92 Å². The largest absolute Gasteiger partial charge is 0.371 e. The second-order valence-corrected chi connectivity index (χ2v) is 6.23. The number of nitrogens with one attached hydrogen (secondary N) is 1. The van der Waals surface area contributed by atoms with Gasteiger partial charge in [0.15, 0.2) is 0 Å². The normalized spacial score (nSPS) is 16.1. The maximum Gasteiger partial charge on any atom is 0.220 e. The van der Waals surface area contributed by atoms with Gasteiger partial charge in [-0.3, -0.25) is 0 Å². The van der Waals surface area contributed by atoms with Crippen molar-refractivity contribution in [3.05, 3.63) is 30.7 Å². The molecule has 1 fully saturated rings. The molecule has 3 N–H and O–H groups in total. The maximum atomic E-state index is 5.75. The van der Waals surface area contributed by atoms with Crippen molar-refractivity contribution in [1.82, 2.24) is 19.9 Å². The zero-order valence-corrected chi connectivity index (χ0v) is 13.2. The number of anilines is 2. The first-order valence-corrected chi connectivity index (χ1v) is 8.02. The number of rotatable bonds is 2. The number of hydrogen-bond acceptors (Lipinski definition) is 5. The van der Waals surface area contributed by atoms with Crippen LogP contribution in [-0.2, 0) is 0 Å². The third-order valence-electron chi connectivity index (χ3n) is 4.63. The zero-order chi connectivity index (χ0) is 15.8. The fourth-order valence-corrected chi connectivity index (χ4v) is 3.28. The Labute approximate surface area is 134 Å². The SMILES string of the molecule is CC1CCN(c2ccnc3[nH]cc(-c4ccnc(N)n4)c23)CC1. The number of piperidine rings is 1. The van der Waals surface area contributed by atoms with Crippen LogP contribution in [0.25, 0.3) is 22.3 Å². The number of aromatic amines is 1. The van der Waals surface area contributed by atoms with Crippen LogP contribution < -0.4 is 10.6 Å². The van der Waals surface area contributed by atoms with Gasteiger partial charge in [-0.05, 0) is 30.9 Å². The number of aromatic nitrogens is 4. The fourth-order valence-electron chi connectivity index (χ4n) is 3.28. The molecule has 4 rings (SSSR count). The smallest absolute Gasteiger partial charge is 0.220 e. The molecule has 0 bridgehead atoms. The Morgan fingerprint density at radius 2 is 1.96 bits per heavy atom. The highest BCUT2D eigenvalue weighted by molar-refractivity contribution is 6.02. The summed E-state index contributed by atoms with van der Waals surface area (Å²) < 4.78 is 0. The van der Waals surface area contributed by atoms with Gasteiger partial charge in [0.05, 0.1) is 11.1 Å². The van der Waals surface area contributed by atoms with Gasteiger partial charge in [-0.15, -0.1) is 0 Å². The van der Waals surface area contributed by atoms with E-state index in [-0.39, 0.29) is 5.95 Å². The summed E-state index contributed by atoms with van der Waals surface area (Å²) in [4.78, 5) is 18.5. The number of nitrogens with two attached hydrogens (primary N) is 1. The summed E-state index contributed by atoms with van der Waals surface area (Å²) in [5.74, 6) is 1.09. The van der Waals surface area contributed by atoms with Crippen molar-refractivity contribution in [3.8, 4) is 11.3 Å². The zero-order valence-electron chi connectivity index (χ0n) is 13.2. The second-order valence-electron chi connectivity index (χ2n) is 6.23. The number of nitrogens with zero attached hydrogens (tertiary/aromatic N) is 4. The van der Waals surface area contributed by atoms with Crippen LogP contribution in [-0.4, -0.2) is 33.0 Å². The molecule has 3 aromatic heterocycles. The van der Waals surface area contributed by atoms with Crippen molar-refractivity contribution < 1.29 is 0 Å². The van der Waals surface area contributed by atoms with Gasteiger partial charge >= 0.3 is 0 Å². The Kier molecular flexibility index (Phi) is 3.37. The molecule has 0 unspecified atom stereocenters. The van der Waals surface area contributed by atoms with Crippen molar-refractivity contribution >= 4 is 22.7 Å². The molecule has 0 aliphatic carbocycles. The van der Waals surface area contributed by atoms with E-state index in [1.165, 1.54) is 18.5 Å². The monoisotopic (exact) mass is 308 g/mol. The molecule has 1 aliphatic heterocycles. The quantitative estimate of drug-likeness (QED) is 0.760. The molecule has 4 heterocycles. The van der Waals surface area contributed by atoms with Crippen molar-refractivity contribution in [2.45, 2.75) is 19.8 Å². The van der Waals surface area contributed by atoms with Crippen molar-refractivity contribution in [2.75, 3.05) is 23.7 Å². The molecular weight excluding hydrogens is 288 g/mol. The van der Waals surface area contributed by atoms with Crippen LogP contribution in [0.5, 0.6) is 0 Å². The molecule has 6 nitrogen and oxygen atoms in total. The lowest BCUT2D eigenvalue weighted by Gasteiger charge is -2.32. The third-order valence-corrected chi connectivity index (χ3v) is 4.63. The van der Waals surface area contributed by atoms with E-state index in [2.05, 4.69) is 37.8 Å². The molecule has 0 spiro atoms. The van der Waals surface area contributed by atoms with Crippen LogP contribution in [0.2, 0.25) is 0 Å². The van der Waals surface area contributed by atoms with Crippen LogP contribution in [0.4, 0.5) is 11.6 Å². The molecule has 6 heteroatoms. The average molecular weight is 308 g/mol. The molecule has 23 heavy (non-hydrogen) atoms. The van der Waals surface area contributed by atoms with Gasteiger partial charge in [-0.1, -0.05) is 6.92 Å². The highest BCUT2D eigenvalue weighted by Crippen LogP contribution is 2.35. The van der Waals surface area contributed by atoms with E-state index in [0.717, 1.165) is 41.3 Å². The molecule has 0 saturated carbocycles. The van der Waals surface area contributed by atoms with Crippen LogP contribution in [0.15, 0.2) is 30.7 Å². The Morgan fingerprint density at radius 1 is 1.17 bits per heavy atom.